The predicted molar refractivity (Wildman–Crippen MR) is 121 cm³/mol. The van der Waals surface area contributed by atoms with Crippen LogP contribution in [0, 0.1) is 12.8 Å². The average Bonchev–Trinajstić information content (AvgIpc) is 3.50. The van der Waals surface area contributed by atoms with E-state index in [1.54, 1.807) is 6.07 Å². The van der Waals surface area contributed by atoms with Crippen molar-refractivity contribution in [3.63, 3.8) is 0 Å². The van der Waals surface area contributed by atoms with Crippen LogP contribution < -0.4 is 14.8 Å². The molecule has 174 valence electrons. The van der Waals surface area contributed by atoms with Crippen molar-refractivity contribution in [1.82, 2.24) is 15.4 Å². The molecule has 1 fully saturated rings. The molecule has 0 spiro atoms. The van der Waals surface area contributed by atoms with Crippen molar-refractivity contribution < 1.29 is 23.2 Å². The number of benzene rings is 1. The highest BCUT2D eigenvalue weighted by molar-refractivity contribution is 5.93. The minimum atomic E-state index is -0.277. The Kier molecular flexibility index (Phi) is 6.09. The van der Waals surface area contributed by atoms with Crippen LogP contribution in [0.15, 0.2) is 45.3 Å². The van der Waals surface area contributed by atoms with Gasteiger partial charge in [0.05, 0.1) is 6.04 Å². The number of ether oxygens (including phenoxy) is 2. The van der Waals surface area contributed by atoms with Crippen molar-refractivity contribution >= 4 is 5.91 Å². The van der Waals surface area contributed by atoms with E-state index < -0.39 is 0 Å². The zero-order valence-electron chi connectivity index (χ0n) is 19.0. The maximum absolute atomic E-state index is 12.9. The Morgan fingerprint density at radius 1 is 1.12 bits per heavy atom. The molecule has 1 N–H and O–H groups in total. The third-order valence-corrected chi connectivity index (χ3v) is 6.37. The van der Waals surface area contributed by atoms with E-state index in [-0.39, 0.29) is 17.6 Å². The van der Waals surface area contributed by atoms with Gasteiger partial charge in [-0.2, -0.15) is 0 Å². The van der Waals surface area contributed by atoms with E-state index >= 15 is 0 Å². The zero-order valence-corrected chi connectivity index (χ0v) is 19.0. The molecule has 0 radical (unpaired) electrons. The number of hydrogen-bond acceptors (Lipinski definition) is 7. The van der Waals surface area contributed by atoms with Crippen molar-refractivity contribution in [1.29, 1.82) is 0 Å². The molecule has 0 aliphatic carbocycles. The number of aromatic nitrogens is 1. The first-order valence-electron chi connectivity index (χ1n) is 11.5. The molecule has 1 aromatic carbocycles. The van der Waals surface area contributed by atoms with Gasteiger partial charge in [-0.1, -0.05) is 12.1 Å². The average molecular weight is 452 g/mol. The molecule has 4 heterocycles. The lowest BCUT2D eigenvalue weighted by atomic mass is 9.97. The van der Waals surface area contributed by atoms with E-state index in [1.165, 1.54) is 0 Å². The molecular formula is C25H29N3O5. The number of aryl methyl sites for hydroxylation is 1. The van der Waals surface area contributed by atoms with Gasteiger partial charge in [0.25, 0.3) is 5.91 Å². The molecule has 1 atom stereocenters. The number of rotatable bonds is 6. The summed E-state index contributed by atoms with van der Waals surface area (Å²) in [6.07, 6.45) is 2.29. The summed E-state index contributed by atoms with van der Waals surface area (Å²) in [7, 11) is 0. The first-order valence-corrected chi connectivity index (χ1v) is 11.5. The first kappa shape index (κ1) is 21.6. The number of carbonyl (C=O) groups is 1. The number of furan rings is 1. The molecule has 0 bridgehead atoms. The Morgan fingerprint density at radius 3 is 2.67 bits per heavy atom. The van der Waals surface area contributed by atoms with Crippen molar-refractivity contribution in [2.75, 3.05) is 32.8 Å². The third-order valence-electron chi connectivity index (χ3n) is 6.37. The van der Waals surface area contributed by atoms with Gasteiger partial charge in [-0.15, -0.1) is 0 Å². The number of carbonyl (C=O) groups excluding carboxylic acids is 1. The molecule has 5 rings (SSSR count). The second-order valence-electron chi connectivity index (χ2n) is 8.83. The quantitative estimate of drug-likeness (QED) is 0.600. The van der Waals surface area contributed by atoms with Gasteiger partial charge in [0.2, 0.25) is 0 Å². The van der Waals surface area contributed by atoms with Gasteiger partial charge >= 0.3 is 0 Å². The summed E-state index contributed by atoms with van der Waals surface area (Å²) in [6.45, 7) is 7.67. The van der Waals surface area contributed by atoms with Gasteiger partial charge in [-0.05, 0) is 69.1 Å². The fraction of sp³-hybridized carbons (Fsp3) is 0.440. The fourth-order valence-electron chi connectivity index (χ4n) is 4.38. The highest BCUT2D eigenvalue weighted by Crippen LogP contribution is 2.34. The van der Waals surface area contributed by atoms with E-state index in [0.717, 1.165) is 48.9 Å². The van der Waals surface area contributed by atoms with Crippen LogP contribution in [0.3, 0.4) is 0 Å². The Labute approximate surface area is 192 Å². The molecule has 3 aromatic rings. The van der Waals surface area contributed by atoms with Crippen molar-refractivity contribution in [2.24, 2.45) is 5.92 Å². The number of nitrogens with zero attached hydrogens (tertiary/aromatic N) is 2. The van der Waals surface area contributed by atoms with Gasteiger partial charge in [0.15, 0.2) is 23.0 Å². The van der Waals surface area contributed by atoms with Gasteiger partial charge in [-0.25, -0.2) is 0 Å². The second kappa shape index (κ2) is 9.31. The SMILES string of the molecule is Cc1ccc(C(CNC(=O)c2cc(-c3ccc4c(c3)OCCO4)on2)N2CCC(C)CC2)o1. The summed E-state index contributed by atoms with van der Waals surface area (Å²) in [5.41, 5.74) is 1.01. The van der Waals surface area contributed by atoms with Crippen LogP contribution in [-0.4, -0.2) is 48.8 Å². The summed E-state index contributed by atoms with van der Waals surface area (Å²) in [5.74, 6) is 4.06. The smallest absolute Gasteiger partial charge is 0.273 e. The molecule has 1 unspecified atom stereocenters. The molecule has 8 nitrogen and oxygen atoms in total. The maximum atomic E-state index is 12.9. The largest absolute Gasteiger partial charge is 0.486 e. The Balaban J connectivity index is 1.27. The highest BCUT2D eigenvalue weighted by atomic mass is 16.6. The molecule has 1 amide bonds. The standard InChI is InChI=1S/C25H29N3O5/c1-16-7-9-28(10-8-16)20(21-5-3-17(2)32-21)15-26-25(29)19-14-23(33-27-19)18-4-6-22-24(13-18)31-12-11-30-22/h3-6,13-14,16,20H,7-12,15H2,1-2H3,(H,26,29). The van der Waals surface area contributed by atoms with Crippen molar-refractivity contribution in [3.8, 4) is 22.8 Å². The summed E-state index contributed by atoms with van der Waals surface area (Å²) in [4.78, 5) is 15.3. The Hall–Kier alpha value is -3.26. The van der Waals surface area contributed by atoms with Crippen molar-refractivity contribution in [3.05, 3.63) is 53.6 Å². The fourth-order valence-corrected chi connectivity index (χ4v) is 4.38. The third kappa shape index (κ3) is 4.75. The number of fused-ring (bicyclic) bond motifs is 1. The summed E-state index contributed by atoms with van der Waals surface area (Å²) >= 11 is 0. The van der Waals surface area contributed by atoms with Crippen LogP contribution >= 0.6 is 0 Å². The van der Waals surface area contributed by atoms with Crippen LogP contribution in [0.1, 0.15) is 47.8 Å². The molecular weight excluding hydrogens is 422 g/mol. The van der Waals surface area contributed by atoms with Crippen LogP contribution in [0.4, 0.5) is 0 Å². The van der Waals surface area contributed by atoms with E-state index in [1.807, 2.05) is 37.3 Å². The summed E-state index contributed by atoms with van der Waals surface area (Å²) in [6, 6.07) is 11.1. The molecule has 2 aliphatic heterocycles. The molecule has 0 saturated carbocycles. The normalized spacial score (nSPS) is 17.6. The maximum Gasteiger partial charge on any atom is 0.273 e. The summed E-state index contributed by atoms with van der Waals surface area (Å²) < 4.78 is 22.6. The Bertz CT molecular complexity index is 1110. The topological polar surface area (TPSA) is 90.0 Å². The van der Waals surface area contributed by atoms with E-state index in [9.17, 15) is 4.79 Å². The molecule has 33 heavy (non-hydrogen) atoms. The van der Waals surface area contributed by atoms with E-state index in [0.29, 0.717) is 37.0 Å². The molecule has 2 aliphatic rings. The van der Waals surface area contributed by atoms with E-state index in [4.69, 9.17) is 18.4 Å². The molecule has 2 aromatic heterocycles. The van der Waals surface area contributed by atoms with Crippen LogP contribution in [0.25, 0.3) is 11.3 Å². The minimum Gasteiger partial charge on any atom is -0.486 e. The van der Waals surface area contributed by atoms with Gasteiger partial charge < -0.3 is 23.7 Å². The number of likely N-dealkylation sites (tertiary alicyclic amines) is 1. The second-order valence-corrected chi connectivity index (χ2v) is 8.83. The minimum absolute atomic E-state index is 0.0145. The lowest BCUT2D eigenvalue weighted by Gasteiger charge is -2.35. The predicted octanol–water partition coefficient (Wildman–Crippen LogP) is 4.22. The van der Waals surface area contributed by atoms with Crippen LogP contribution in [-0.2, 0) is 0 Å². The number of amides is 1. The first-order chi connectivity index (χ1) is 16.1. The van der Waals surface area contributed by atoms with Gasteiger partial charge in [-0.3, -0.25) is 9.69 Å². The number of hydrogen-bond donors (Lipinski definition) is 1. The Morgan fingerprint density at radius 2 is 1.91 bits per heavy atom. The number of nitrogens with one attached hydrogen (secondary N) is 1. The van der Waals surface area contributed by atoms with Gasteiger partial charge in [0, 0.05) is 18.2 Å². The lowest BCUT2D eigenvalue weighted by molar-refractivity contribution is 0.0887. The molecule has 1 saturated heterocycles. The van der Waals surface area contributed by atoms with Crippen molar-refractivity contribution in [2.45, 2.75) is 32.7 Å². The number of piperidine rings is 1. The van der Waals surface area contributed by atoms with Gasteiger partial charge in [0.1, 0.15) is 24.7 Å². The summed E-state index contributed by atoms with van der Waals surface area (Å²) in [5, 5.41) is 7.01. The zero-order chi connectivity index (χ0) is 22.8. The molecule has 8 heteroatoms. The lowest BCUT2D eigenvalue weighted by Crippen LogP contribution is -2.41. The van der Waals surface area contributed by atoms with Crippen LogP contribution in [0.2, 0.25) is 0 Å². The highest BCUT2D eigenvalue weighted by Gasteiger charge is 2.28. The monoisotopic (exact) mass is 451 g/mol. The van der Waals surface area contributed by atoms with Crippen LogP contribution in [0.5, 0.6) is 11.5 Å². The van der Waals surface area contributed by atoms with E-state index in [2.05, 4.69) is 22.3 Å².